The van der Waals surface area contributed by atoms with Gasteiger partial charge in [-0.05, 0) is 11.6 Å². The first-order valence-electron chi connectivity index (χ1n) is 3.60. The lowest BCUT2D eigenvalue weighted by molar-refractivity contribution is -0.107. The maximum atomic E-state index is 11.0. The summed E-state index contributed by atoms with van der Waals surface area (Å²) in [5.74, 6) is 0. The molecule has 13 heavy (non-hydrogen) atoms. The Hall–Kier alpha value is -1.20. The van der Waals surface area contributed by atoms with Crippen LogP contribution in [0.5, 0.6) is 0 Å². The van der Waals surface area contributed by atoms with Gasteiger partial charge >= 0.3 is 0 Å². The van der Waals surface area contributed by atoms with E-state index in [1.54, 1.807) is 18.2 Å². The first kappa shape index (κ1) is 9.88. The monoisotopic (exact) mass is 199 g/mol. The van der Waals surface area contributed by atoms with Gasteiger partial charge in [-0.15, -0.1) is 0 Å². The van der Waals surface area contributed by atoms with Crippen LogP contribution in [-0.2, 0) is 21.2 Å². The van der Waals surface area contributed by atoms with E-state index in [0.717, 1.165) is 0 Å². The van der Waals surface area contributed by atoms with Crippen molar-refractivity contribution in [3.63, 3.8) is 0 Å². The Labute approximate surface area is 76.4 Å². The Kier molecular flexibility index (Phi) is 2.79. The molecule has 1 aromatic rings. The molecule has 4 nitrogen and oxygen atoms in total. The highest BCUT2D eigenvalue weighted by molar-refractivity contribution is 7.89. The second-order valence-corrected chi connectivity index (χ2v) is 4.05. The Morgan fingerprint density at radius 2 is 1.92 bits per heavy atom. The van der Waals surface area contributed by atoms with Crippen LogP contribution in [0.3, 0.4) is 0 Å². The van der Waals surface area contributed by atoms with Gasteiger partial charge in [-0.25, -0.2) is 13.6 Å². The van der Waals surface area contributed by atoms with Gasteiger partial charge in [-0.1, -0.05) is 18.2 Å². The van der Waals surface area contributed by atoms with Gasteiger partial charge < -0.3 is 4.79 Å². The van der Waals surface area contributed by atoms with Gasteiger partial charge in [0.05, 0.1) is 4.90 Å². The lowest BCUT2D eigenvalue weighted by atomic mass is 10.2. The summed E-state index contributed by atoms with van der Waals surface area (Å²) in [7, 11) is -3.71. The standard InChI is InChI=1S/C8H9NO3S/c9-13(11,12)8-4-2-1-3-7(8)5-6-10/h1-4,6H,5H2,(H2,9,11,12). The predicted molar refractivity (Wildman–Crippen MR) is 47.6 cm³/mol. The first-order valence-corrected chi connectivity index (χ1v) is 5.14. The third kappa shape index (κ3) is 2.37. The highest BCUT2D eigenvalue weighted by atomic mass is 32.2. The second kappa shape index (κ2) is 3.68. The van der Waals surface area contributed by atoms with Crippen LogP contribution in [-0.4, -0.2) is 14.7 Å². The van der Waals surface area contributed by atoms with Gasteiger partial charge in [0.25, 0.3) is 0 Å². The van der Waals surface area contributed by atoms with Crippen LogP contribution in [0.4, 0.5) is 0 Å². The van der Waals surface area contributed by atoms with Crippen LogP contribution < -0.4 is 5.14 Å². The Morgan fingerprint density at radius 3 is 2.46 bits per heavy atom. The zero-order chi connectivity index (χ0) is 9.90. The molecule has 0 saturated heterocycles. The van der Waals surface area contributed by atoms with Crippen molar-refractivity contribution in [2.24, 2.45) is 5.14 Å². The molecule has 0 aliphatic rings. The molecule has 0 bridgehead atoms. The number of aldehydes is 1. The highest BCUT2D eigenvalue weighted by Crippen LogP contribution is 2.13. The number of carbonyl (C=O) groups excluding carboxylic acids is 1. The van der Waals surface area contributed by atoms with Crippen molar-refractivity contribution in [2.45, 2.75) is 11.3 Å². The van der Waals surface area contributed by atoms with Crippen molar-refractivity contribution in [3.8, 4) is 0 Å². The quantitative estimate of drug-likeness (QED) is 0.700. The van der Waals surface area contributed by atoms with E-state index in [0.29, 0.717) is 11.8 Å². The molecule has 70 valence electrons. The second-order valence-electron chi connectivity index (χ2n) is 2.52. The smallest absolute Gasteiger partial charge is 0.238 e. The molecule has 0 atom stereocenters. The van der Waals surface area contributed by atoms with Crippen molar-refractivity contribution >= 4 is 16.3 Å². The molecule has 0 aromatic heterocycles. The van der Waals surface area contributed by atoms with Crippen LogP contribution in [0.25, 0.3) is 0 Å². The van der Waals surface area contributed by atoms with E-state index in [1.807, 2.05) is 0 Å². The third-order valence-electron chi connectivity index (χ3n) is 1.58. The zero-order valence-electron chi connectivity index (χ0n) is 6.80. The molecule has 1 rings (SSSR count). The number of sulfonamides is 1. The van der Waals surface area contributed by atoms with Gasteiger partial charge in [-0.3, -0.25) is 0 Å². The molecule has 0 radical (unpaired) electrons. The molecule has 2 N–H and O–H groups in total. The third-order valence-corrected chi connectivity index (χ3v) is 2.59. The van der Waals surface area contributed by atoms with Crippen molar-refractivity contribution in [1.29, 1.82) is 0 Å². The average molecular weight is 199 g/mol. The van der Waals surface area contributed by atoms with Crippen LogP contribution in [0.2, 0.25) is 0 Å². The summed E-state index contributed by atoms with van der Waals surface area (Å²) in [6.07, 6.45) is 0.705. The lowest BCUT2D eigenvalue weighted by Gasteiger charge is -2.02. The minimum atomic E-state index is -3.71. The van der Waals surface area contributed by atoms with Gasteiger partial charge in [0.15, 0.2) is 0 Å². The summed E-state index contributed by atoms with van der Waals surface area (Å²) in [5.41, 5.74) is 0.431. The molecule has 0 heterocycles. The van der Waals surface area contributed by atoms with Crippen LogP contribution >= 0.6 is 0 Å². The molecule has 1 aromatic carbocycles. The van der Waals surface area contributed by atoms with Crippen LogP contribution in [0.15, 0.2) is 29.2 Å². The molecule has 0 fully saturated rings. The molecule has 0 aliphatic carbocycles. The number of carbonyl (C=O) groups is 1. The summed E-state index contributed by atoms with van der Waals surface area (Å²) >= 11 is 0. The van der Waals surface area contributed by atoms with E-state index in [9.17, 15) is 13.2 Å². The summed E-state index contributed by atoms with van der Waals surface area (Å²) in [5, 5.41) is 4.94. The minimum absolute atomic E-state index is 0.0158. The number of benzene rings is 1. The van der Waals surface area contributed by atoms with E-state index in [2.05, 4.69) is 0 Å². The number of nitrogens with two attached hydrogens (primary N) is 1. The Morgan fingerprint density at radius 1 is 1.31 bits per heavy atom. The van der Waals surface area contributed by atoms with E-state index < -0.39 is 10.0 Å². The van der Waals surface area contributed by atoms with Gasteiger partial charge in [0.1, 0.15) is 6.29 Å². The van der Waals surface area contributed by atoms with Gasteiger partial charge in [-0.2, -0.15) is 0 Å². The van der Waals surface area contributed by atoms with Crippen LogP contribution in [0, 0.1) is 0 Å². The topological polar surface area (TPSA) is 77.2 Å². The normalized spacial score (nSPS) is 11.2. The number of rotatable bonds is 3. The first-order chi connectivity index (χ1) is 6.05. The summed E-state index contributed by atoms with van der Waals surface area (Å²) < 4.78 is 22.0. The SMILES string of the molecule is NS(=O)(=O)c1ccccc1CC=O. The van der Waals surface area contributed by atoms with Crippen molar-refractivity contribution in [1.82, 2.24) is 0 Å². The Bertz CT molecular complexity index is 411. The predicted octanol–water partition coefficient (Wildman–Crippen LogP) is 0.0754. The maximum Gasteiger partial charge on any atom is 0.238 e. The van der Waals surface area contributed by atoms with Gasteiger partial charge in [0.2, 0.25) is 10.0 Å². The Balaban J connectivity index is 3.28. The molecular formula is C8H9NO3S. The summed E-state index contributed by atoms with van der Waals surface area (Å²) in [6.45, 7) is 0. The molecular weight excluding hydrogens is 190 g/mol. The number of primary sulfonamides is 1. The van der Waals surface area contributed by atoms with E-state index >= 15 is 0 Å². The fourth-order valence-corrected chi connectivity index (χ4v) is 1.82. The number of hydrogen-bond acceptors (Lipinski definition) is 3. The largest absolute Gasteiger partial charge is 0.303 e. The fourth-order valence-electron chi connectivity index (χ4n) is 1.04. The molecule has 0 aliphatic heterocycles. The van der Waals surface area contributed by atoms with E-state index in [-0.39, 0.29) is 11.3 Å². The summed E-state index contributed by atoms with van der Waals surface area (Å²) in [6, 6.07) is 6.17. The number of hydrogen-bond donors (Lipinski definition) is 1. The molecule has 5 heteroatoms. The fraction of sp³-hybridized carbons (Fsp3) is 0.125. The lowest BCUT2D eigenvalue weighted by Crippen LogP contribution is -2.14. The molecule has 0 spiro atoms. The molecule has 0 saturated carbocycles. The zero-order valence-corrected chi connectivity index (χ0v) is 7.62. The van der Waals surface area contributed by atoms with E-state index in [4.69, 9.17) is 5.14 Å². The highest BCUT2D eigenvalue weighted by Gasteiger charge is 2.11. The molecule has 0 unspecified atom stereocenters. The van der Waals surface area contributed by atoms with Crippen molar-refractivity contribution < 1.29 is 13.2 Å². The van der Waals surface area contributed by atoms with Crippen LogP contribution in [0.1, 0.15) is 5.56 Å². The average Bonchev–Trinajstić information content (AvgIpc) is 2.04. The van der Waals surface area contributed by atoms with E-state index in [1.165, 1.54) is 6.07 Å². The van der Waals surface area contributed by atoms with Crippen molar-refractivity contribution in [2.75, 3.05) is 0 Å². The maximum absolute atomic E-state index is 11.0. The van der Waals surface area contributed by atoms with Gasteiger partial charge in [0, 0.05) is 6.42 Å². The van der Waals surface area contributed by atoms with Crippen molar-refractivity contribution in [3.05, 3.63) is 29.8 Å². The minimum Gasteiger partial charge on any atom is -0.303 e. The molecule has 0 amide bonds. The summed E-state index contributed by atoms with van der Waals surface area (Å²) in [4.78, 5) is 10.2.